The summed E-state index contributed by atoms with van der Waals surface area (Å²) < 4.78 is 17.7. The van der Waals surface area contributed by atoms with Gasteiger partial charge in [0.05, 0.1) is 0 Å². The van der Waals surface area contributed by atoms with Crippen LogP contribution >= 0.6 is 0 Å². The van der Waals surface area contributed by atoms with Crippen molar-refractivity contribution in [1.29, 1.82) is 0 Å². The van der Waals surface area contributed by atoms with Gasteiger partial charge in [0.2, 0.25) is 0 Å². The lowest BCUT2D eigenvalue weighted by Crippen LogP contribution is -2.46. The first-order chi connectivity index (χ1) is 11.3. The summed E-state index contributed by atoms with van der Waals surface area (Å²) in [4.78, 5) is 2.58. The number of nitrogens with zero attached hydrogens (tertiary/aromatic N) is 1. The van der Waals surface area contributed by atoms with Crippen molar-refractivity contribution in [3.63, 3.8) is 0 Å². The molecule has 0 aromatic rings. The molecule has 0 saturated carbocycles. The second-order valence-corrected chi connectivity index (χ2v) is 8.82. The van der Waals surface area contributed by atoms with Crippen LogP contribution in [0.15, 0.2) is 0 Å². The Bertz CT molecular complexity index is 260. The molecule has 1 heterocycles. The number of unbranched alkanes of at least 4 members (excludes halogenated alkanes) is 1. The Balaban J connectivity index is 2.10. The zero-order chi connectivity index (χ0) is 16.8. The van der Waals surface area contributed by atoms with Gasteiger partial charge in [-0.05, 0) is 66.1 Å². The molecule has 0 aromatic heterocycles. The van der Waals surface area contributed by atoms with Crippen molar-refractivity contribution in [1.82, 2.24) is 10.2 Å². The van der Waals surface area contributed by atoms with Crippen LogP contribution in [-0.4, -0.2) is 66.2 Å². The minimum atomic E-state index is -2.43. The molecule has 23 heavy (non-hydrogen) atoms. The molecule has 0 amide bonds. The Morgan fingerprint density at radius 1 is 0.826 bits per heavy atom. The van der Waals surface area contributed by atoms with Crippen molar-refractivity contribution in [2.24, 2.45) is 0 Å². The van der Waals surface area contributed by atoms with Crippen LogP contribution in [-0.2, 0) is 13.3 Å². The van der Waals surface area contributed by atoms with Crippen LogP contribution in [0.2, 0.25) is 6.04 Å². The van der Waals surface area contributed by atoms with Gasteiger partial charge in [0.25, 0.3) is 0 Å². The number of hydrogen-bond acceptors (Lipinski definition) is 5. The van der Waals surface area contributed by atoms with Gasteiger partial charge in [-0.2, -0.15) is 0 Å². The Kier molecular flexibility index (Phi) is 12.2. The van der Waals surface area contributed by atoms with Gasteiger partial charge in [0.1, 0.15) is 0 Å². The second kappa shape index (κ2) is 13.3. The van der Waals surface area contributed by atoms with Gasteiger partial charge in [-0.15, -0.1) is 0 Å². The monoisotopic (exact) mass is 346 g/mol. The summed E-state index contributed by atoms with van der Waals surface area (Å²) in [5, 5.41) is 3.57. The second-order valence-electron chi connectivity index (χ2n) is 6.09. The van der Waals surface area contributed by atoms with Crippen LogP contribution in [0.1, 0.15) is 52.9 Å². The minimum Gasteiger partial charge on any atom is -0.374 e. The molecule has 1 aliphatic rings. The standard InChI is InChI=1S/C17H38N2O3Si/c1-4-20-23(21-5-2,22-6-3)17-11-8-12-18-13-16-19-14-9-7-10-15-19/h18H,4-17H2,1-3H3. The third kappa shape index (κ3) is 9.17. The smallest absolute Gasteiger partial charge is 0.374 e. The third-order valence-electron chi connectivity index (χ3n) is 4.23. The number of rotatable bonds is 14. The van der Waals surface area contributed by atoms with E-state index in [2.05, 4.69) is 10.2 Å². The summed E-state index contributed by atoms with van der Waals surface area (Å²) in [5.74, 6) is 0. The van der Waals surface area contributed by atoms with E-state index >= 15 is 0 Å². The lowest BCUT2D eigenvalue weighted by molar-refractivity contribution is 0.0707. The summed E-state index contributed by atoms with van der Waals surface area (Å²) in [6, 6.07) is 0.927. The number of likely N-dealkylation sites (tertiary alicyclic amines) is 1. The van der Waals surface area contributed by atoms with Gasteiger partial charge in [0, 0.05) is 39.0 Å². The Morgan fingerprint density at radius 3 is 2.00 bits per heavy atom. The first-order valence-electron chi connectivity index (χ1n) is 9.61. The molecule has 0 aliphatic carbocycles. The highest BCUT2D eigenvalue weighted by Gasteiger charge is 2.39. The Labute approximate surface area is 144 Å². The number of hydrogen-bond donors (Lipinski definition) is 1. The number of nitrogens with one attached hydrogen (secondary N) is 1. The SMILES string of the molecule is CCO[Si](CCCCNCCN1CCCCC1)(OCC)OCC. The molecule has 0 bridgehead atoms. The maximum Gasteiger partial charge on any atom is 0.500 e. The van der Waals surface area contributed by atoms with Crippen molar-refractivity contribution >= 4 is 8.80 Å². The van der Waals surface area contributed by atoms with E-state index in [0.717, 1.165) is 32.0 Å². The van der Waals surface area contributed by atoms with Crippen LogP contribution in [0, 0.1) is 0 Å². The molecule has 6 heteroatoms. The van der Waals surface area contributed by atoms with E-state index in [4.69, 9.17) is 13.3 Å². The lowest BCUT2D eigenvalue weighted by Gasteiger charge is -2.28. The van der Waals surface area contributed by atoms with Crippen molar-refractivity contribution < 1.29 is 13.3 Å². The highest BCUT2D eigenvalue weighted by molar-refractivity contribution is 6.60. The maximum atomic E-state index is 5.88. The quantitative estimate of drug-likeness (QED) is 0.387. The molecule has 1 aliphatic heterocycles. The predicted molar refractivity (Wildman–Crippen MR) is 97.8 cm³/mol. The van der Waals surface area contributed by atoms with Crippen LogP contribution < -0.4 is 5.32 Å². The molecule has 1 fully saturated rings. The first kappa shape index (κ1) is 21.1. The normalized spacial score (nSPS) is 16.8. The molecule has 0 spiro atoms. The highest BCUT2D eigenvalue weighted by Crippen LogP contribution is 2.19. The first-order valence-corrected chi connectivity index (χ1v) is 11.5. The van der Waals surface area contributed by atoms with Gasteiger partial charge in [0.15, 0.2) is 0 Å². The highest BCUT2D eigenvalue weighted by atomic mass is 28.4. The third-order valence-corrected chi connectivity index (χ3v) is 7.38. The van der Waals surface area contributed by atoms with Crippen LogP contribution in [0.25, 0.3) is 0 Å². The van der Waals surface area contributed by atoms with Gasteiger partial charge in [-0.1, -0.05) is 6.42 Å². The summed E-state index contributed by atoms with van der Waals surface area (Å²) in [6.45, 7) is 14.0. The van der Waals surface area contributed by atoms with E-state index in [0.29, 0.717) is 19.8 Å². The van der Waals surface area contributed by atoms with Crippen molar-refractivity contribution in [2.45, 2.75) is 58.9 Å². The largest absolute Gasteiger partial charge is 0.500 e. The van der Waals surface area contributed by atoms with Crippen LogP contribution in [0.3, 0.4) is 0 Å². The zero-order valence-electron chi connectivity index (χ0n) is 15.6. The van der Waals surface area contributed by atoms with E-state index in [1.54, 1.807) is 0 Å². The molecule has 0 aromatic carbocycles. The Hall–Kier alpha value is 0.0169. The summed E-state index contributed by atoms with van der Waals surface area (Å²) >= 11 is 0. The average molecular weight is 347 g/mol. The predicted octanol–water partition coefficient (Wildman–Crippen LogP) is 2.89. The molecule has 1 N–H and O–H groups in total. The van der Waals surface area contributed by atoms with Crippen molar-refractivity contribution in [3.05, 3.63) is 0 Å². The summed E-state index contributed by atoms with van der Waals surface area (Å²) in [5.41, 5.74) is 0. The maximum absolute atomic E-state index is 5.88. The molecule has 138 valence electrons. The fraction of sp³-hybridized carbons (Fsp3) is 1.00. The van der Waals surface area contributed by atoms with Gasteiger partial charge >= 0.3 is 8.80 Å². The van der Waals surface area contributed by atoms with Gasteiger partial charge in [-0.3, -0.25) is 0 Å². The van der Waals surface area contributed by atoms with E-state index in [-0.39, 0.29) is 0 Å². The molecule has 0 unspecified atom stereocenters. The Morgan fingerprint density at radius 2 is 1.43 bits per heavy atom. The van der Waals surface area contributed by atoms with Crippen LogP contribution in [0.4, 0.5) is 0 Å². The molecule has 0 atom stereocenters. The van der Waals surface area contributed by atoms with Gasteiger partial charge in [-0.25, -0.2) is 0 Å². The summed E-state index contributed by atoms with van der Waals surface area (Å²) in [6.07, 6.45) is 6.41. The number of piperidine rings is 1. The average Bonchev–Trinajstić information content (AvgIpc) is 2.56. The summed E-state index contributed by atoms with van der Waals surface area (Å²) in [7, 11) is -2.43. The van der Waals surface area contributed by atoms with E-state index in [1.807, 2.05) is 20.8 Å². The fourth-order valence-electron chi connectivity index (χ4n) is 3.14. The lowest BCUT2D eigenvalue weighted by atomic mass is 10.1. The molecule has 1 saturated heterocycles. The molecule has 5 nitrogen and oxygen atoms in total. The van der Waals surface area contributed by atoms with Crippen LogP contribution in [0.5, 0.6) is 0 Å². The van der Waals surface area contributed by atoms with E-state index in [1.165, 1.54) is 38.9 Å². The van der Waals surface area contributed by atoms with Crippen molar-refractivity contribution in [2.75, 3.05) is 52.5 Å². The van der Waals surface area contributed by atoms with Gasteiger partial charge < -0.3 is 23.5 Å². The fourth-order valence-corrected chi connectivity index (χ4v) is 5.82. The molecule has 1 rings (SSSR count). The minimum absolute atomic E-state index is 0.667. The van der Waals surface area contributed by atoms with E-state index in [9.17, 15) is 0 Å². The topological polar surface area (TPSA) is 43.0 Å². The van der Waals surface area contributed by atoms with E-state index < -0.39 is 8.80 Å². The molecule has 0 radical (unpaired) electrons. The molecular formula is C17H38N2O3Si. The van der Waals surface area contributed by atoms with Crippen molar-refractivity contribution in [3.8, 4) is 0 Å². The molecular weight excluding hydrogens is 308 g/mol. The zero-order valence-corrected chi connectivity index (χ0v) is 16.6.